The average molecular weight is 333 g/mol. The van der Waals surface area contributed by atoms with Gasteiger partial charge in [-0.1, -0.05) is 37.3 Å². The van der Waals surface area contributed by atoms with E-state index in [4.69, 9.17) is 5.26 Å². The summed E-state index contributed by atoms with van der Waals surface area (Å²) in [4.78, 5) is 16.6. The van der Waals surface area contributed by atoms with Crippen molar-refractivity contribution in [3.05, 3.63) is 71.3 Å². The minimum absolute atomic E-state index is 0.0870. The third kappa shape index (κ3) is 5.05. The number of aliphatic hydroxyl groups excluding tert-OH is 1. The third-order valence-corrected chi connectivity index (χ3v) is 3.42. The summed E-state index contributed by atoms with van der Waals surface area (Å²) in [5.41, 5.74) is 1.74. The smallest absolute Gasteiger partial charge is 0.256 e. The van der Waals surface area contributed by atoms with E-state index in [0.29, 0.717) is 23.4 Å². The highest BCUT2D eigenvalue weighted by Gasteiger charge is 2.14. The number of hydrogen-bond acceptors (Lipinski definition) is 4. The summed E-state index contributed by atoms with van der Waals surface area (Å²) in [5.74, 6) is -0.521. The van der Waals surface area contributed by atoms with Crippen molar-refractivity contribution in [2.24, 2.45) is 4.99 Å². The predicted octanol–water partition coefficient (Wildman–Crippen LogP) is 3.76. The Kier molecular flexibility index (Phi) is 6.49. The molecule has 0 aliphatic rings. The number of aliphatic imine (C=N–C) groups is 1. The molecule has 2 aromatic rings. The van der Waals surface area contributed by atoms with Crippen LogP contribution in [-0.4, -0.2) is 23.8 Å². The number of nitrogens with zero attached hydrogens (tertiary/aromatic N) is 2. The summed E-state index contributed by atoms with van der Waals surface area (Å²) in [7, 11) is 0. The number of rotatable bonds is 6. The van der Waals surface area contributed by atoms with Gasteiger partial charge in [0.05, 0.1) is 22.9 Å². The molecule has 0 bridgehead atoms. The molecular weight excluding hydrogens is 314 g/mol. The second kappa shape index (κ2) is 9.04. The predicted molar refractivity (Wildman–Crippen MR) is 98.6 cm³/mol. The molecule has 0 aliphatic carbocycles. The summed E-state index contributed by atoms with van der Waals surface area (Å²) in [6, 6.07) is 17.5. The van der Waals surface area contributed by atoms with Gasteiger partial charge in [0.25, 0.3) is 5.91 Å². The first-order chi connectivity index (χ1) is 12.2. The van der Waals surface area contributed by atoms with Crippen LogP contribution in [0, 0.1) is 11.3 Å². The van der Waals surface area contributed by atoms with Gasteiger partial charge in [-0.15, -0.1) is 0 Å². The molecule has 0 saturated heterocycles. The van der Waals surface area contributed by atoms with Crippen molar-refractivity contribution in [3.8, 4) is 6.07 Å². The number of amides is 1. The fourth-order valence-corrected chi connectivity index (χ4v) is 2.07. The molecular formula is C20H19N3O2. The fourth-order valence-electron chi connectivity index (χ4n) is 2.07. The van der Waals surface area contributed by atoms with E-state index in [9.17, 15) is 9.90 Å². The zero-order valence-electron chi connectivity index (χ0n) is 13.9. The van der Waals surface area contributed by atoms with Crippen LogP contribution in [0.2, 0.25) is 0 Å². The maximum Gasteiger partial charge on any atom is 0.256 e. The van der Waals surface area contributed by atoms with Crippen LogP contribution in [0.5, 0.6) is 0 Å². The van der Waals surface area contributed by atoms with Gasteiger partial charge in [0.1, 0.15) is 5.76 Å². The van der Waals surface area contributed by atoms with Crippen LogP contribution >= 0.6 is 0 Å². The lowest BCUT2D eigenvalue weighted by Gasteiger charge is -2.08. The van der Waals surface area contributed by atoms with E-state index in [1.807, 2.05) is 19.1 Å². The molecule has 2 N–H and O–H groups in total. The monoisotopic (exact) mass is 333 g/mol. The van der Waals surface area contributed by atoms with Crippen LogP contribution in [0.3, 0.4) is 0 Å². The van der Waals surface area contributed by atoms with Crippen molar-refractivity contribution < 1.29 is 9.90 Å². The topological polar surface area (TPSA) is 85.5 Å². The summed E-state index contributed by atoms with van der Waals surface area (Å²) >= 11 is 0. The van der Waals surface area contributed by atoms with E-state index in [1.54, 1.807) is 48.5 Å². The maximum atomic E-state index is 12.4. The largest absolute Gasteiger partial charge is 0.506 e. The number of carbonyl (C=O) groups is 1. The molecule has 0 fully saturated rings. The quantitative estimate of drug-likeness (QED) is 0.479. The van der Waals surface area contributed by atoms with Crippen molar-refractivity contribution in [3.63, 3.8) is 0 Å². The van der Waals surface area contributed by atoms with Crippen molar-refractivity contribution in [2.45, 2.75) is 13.3 Å². The van der Waals surface area contributed by atoms with Gasteiger partial charge in [-0.25, -0.2) is 0 Å². The standard InChI is InChI=1S/C20H19N3O2/c1-2-12-22-20(25)18(19(24)16-6-4-3-5-7-16)14-23-17-10-8-15(13-21)9-11-17/h3-11,14,24H,2,12H2,1H3,(H,22,25). The summed E-state index contributed by atoms with van der Waals surface area (Å²) in [5, 5.41) is 22.1. The Labute approximate surface area is 147 Å². The maximum absolute atomic E-state index is 12.4. The van der Waals surface area contributed by atoms with E-state index in [-0.39, 0.29) is 17.2 Å². The molecule has 0 aromatic heterocycles. The van der Waals surface area contributed by atoms with Crippen molar-refractivity contribution in [1.29, 1.82) is 5.26 Å². The van der Waals surface area contributed by atoms with Gasteiger partial charge in [0.15, 0.2) is 0 Å². The van der Waals surface area contributed by atoms with Crippen molar-refractivity contribution >= 4 is 23.6 Å². The lowest BCUT2D eigenvalue weighted by Crippen LogP contribution is -2.27. The highest BCUT2D eigenvalue weighted by molar-refractivity contribution is 6.17. The molecule has 0 saturated carbocycles. The molecule has 5 heteroatoms. The van der Waals surface area contributed by atoms with Gasteiger partial charge in [-0.2, -0.15) is 5.26 Å². The Morgan fingerprint density at radius 3 is 2.48 bits per heavy atom. The molecule has 126 valence electrons. The number of hydrogen-bond donors (Lipinski definition) is 2. The van der Waals surface area contributed by atoms with Gasteiger partial charge < -0.3 is 10.4 Å². The molecule has 0 aliphatic heterocycles. The first-order valence-electron chi connectivity index (χ1n) is 7.96. The molecule has 1 amide bonds. The Morgan fingerprint density at radius 2 is 1.88 bits per heavy atom. The van der Waals surface area contributed by atoms with E-state index in [1.165, 1.54) is 6.21 Å². The van der Waals surface area contributed by atoms with Crippen LogP contribution in [0.1, 0.15) is 24.5 Å². The van der Waals surface area contributed by atoms with Crippen LogP contribution in [0.4, 0.5) is 5.69 Å². The molecule has 0 atom stereocenters. The number of nitrogens with one attached hydrogen (secondary N) is 1. The van der Waals surface area contributed by atoms with Gasteiger partial charge >= 0.3 is 0 Å². The molecule has 2 rings (SSSR count). The second-order valence-electron chi connectivity index (χ2n) is 5.30. The number of aliphatic hydroxyl groups is 1. The van der Waals surface area contributed by atoms with E-state index in [2.05, 4.69) is 10.3 Å². The molecule has 25 heavy (non-hydrogen) atoms. The lowest BCUT2D eigenvalue weighted by atomic mass is 10.1. The number of nitriles is 1. The Balaban J connectivity index is 2.35. The molecule has 0 unspecified atom stereocenters. The van der Waals surface area contributed by atoms with Gasteiger partial charge in [0.2, 0.25) is 0 Å². The van der Waals surface area contributed by atoms with Crippen molar-refractivity contribution in [2.75, 3.05) is 6.54 Å². The van der Waals surface area contributed by atoms with Crippen LogP contribution < -0.4 is 5.32 Å². The second-order valence-corrected chi connectivity index (χ2v) is 5.30. The van der Waals surface area contributed by atoms with E-state index < -0.39 is 0 Å². The fraction of sp³-hybridized carbons (Fsp3) is 0.150. The van der Waals surface area contributed by atoms with E-state index >= 15 is 0 Å². The summed E-state index contributed by atoms with van der Waals surface area (Å²) in [6.07, 6.45) is 2.13. The zero-order chi connectivity index (χ0) is 18.1. The van der Waals surface area contributed by atoms with Crippen LogP contribution in [-0.2, 0) is 4.79 Å². The molecule has 2 aromatic carbocycles. The summed E-state index contributed by atoms with van der Waals surface area (Å²) < 4.78 is 0. The third-order valence-electron chi connectivity index (χ3n) is 3.42. The van der Waals surface area contributed by atoms with E-state index in [0.717, 1.165) is 6.42 Å². The molecule has 0 heterocycles. The SMILES string of the molecule is CCCNC(=O)C(C=Nc1ccc(C#N)cc1)=C(O)c1ccccc1. The van der Waals surface area contributed by atoms with Crippen LogP contribution in [0.15, 0.2) is 65.2 Å². The Bertz CT molecular complexity index is 816. The number of carbonyl (C=O) groups excluding carboxylic acids is 1. The lowest BCUT2D eigenvalue weighted by molar-refractivity contribution is -0.116. The highest BCUT2D eigenvalue weighted by Crippen LogP contribution is 2.17. The minimum Gasteiger partial charge on any atom is -0.506 e. The molecule has 0 radical (unpaired) electrons. The minimum atomic E-state index is -0.388. The first-order valence-corrected chi connectivity index (χ1v) is 7.96. The van der Waals surface area contributed by atoms with Gasteiger partial charge in [-0.3, -0.25) is 9.79 Å². The first kappa shape index (κ1) is 18.0. The molecule has 0 spiro atoms. The Morgan fingerprint density at radius 1 is 1.20 bits per heavy atom. The normalized spacial score (nSPS) is 11.7. The number of benzene rings is 2. The summed E-state index contributed by atoms with van der Waals surface area (Å²) in [6.45, 7) is 2.46. The molecule has 5 nitrogen and oxygen atoms in total. The highest BCUT2D eigenvalue weighted by atomic mass is 16.3. The zero-order valence-corrected chi connectivity index (χ0v) is 13.9. The van der Waals surface area contributed by atoms with Crippen LogP contribution in [0.25, 0.3) is 5.76 Å². The van der Waals surface area contributed by atoms with Gasteiger partial charge in [-0.05, 0) is 30.7 Å². The average Bonchev–Trinajstić information content (AvgIpc) is 2.67. The Hall–Kier alpha value is -3.39. The van der Waals surface area contributed by atoms with Crippen molar-refractivity contribution in [1.82, 2.24) is 5.32 Å². The van der Waals surface area contributed by atoms with Gasteiger partial charge in [0, 0.05) is 18.3 Å².